The number of nitro groups is 1. The first kappa shape index (κ1) is 47.6. The van der Waals surface area contributed by atoms with Gasteiger partial charge in [0.1, 0.15) is 0 Å². The third-order valence-corrected chi connectivity index (χ3v) is 29.7. The smallest absolute Gasteiger partial charge is 0.372 e. The van der Waals surface area contributed by atoms with Gasteiger partial charge in [-0.05, 0) is 72.5 Å². The van der Waals surface area contributed by atoms with Crippen LogP contribution in [0, 0.1) is 10.1 Å². The highest BCUT2D eigenvalue weighted by Crippen LogP contribution is 2.44. The minimum atomic E-state index is -2.49. The Hall–Kier alpha value is -1.41. The first-order valence-corrected chi connectivity index (χ1v) is 29.7. The van der Waals surface area contributed by atoms with Crippen LogP contribution in [0.3, 0.4) is 0 Å². The summed E-state index contributed by atoms with van der Waals surface area (Å²) in [6, 6.07) is -0.0576. The predicted molar refractivity (Wildman–Crippen MR) is 220 cm³/mol. The van der Waals surface area contributed by atoms with Crippen LogP contribution in [0.1, 0.15) is 83.1 Å². The lowest BCUT2D eigenvalue weighted by Gasteiger charge is -2.49. The van der Waals surface area contributed by atoms with Crippen molar-refractivity contribution in [1.82, 2.24) is 9.97 Å². The van der Waals surface area contributed by atoms with E-state index in [4.69, 9.17) is 27.2 Å². The van der Waals surface area contributed by atoms with Gasteiger partial charge in [0, 0.05) is 6.54 Å². The monoisotopic (exact) mass is 790 g/mol. The number of hydrogen-bond acceptors (Lipinski definition) is 11. The van der Waals surface area contributed by atoms with Gasteiger partial charge in [0.05, 0.1) is 44.1 Å². The van der Waals surface area contributed by atoms with E-state index in [0.717, 1.165) is 0 Å². The maximum absolute atomic E-state index is 12.4. The summed E-state index contributed by atoms with van der Waals surface area (Å²) in [5, 5.41) is 15.2. The zero-order valence-corrected chi connectivity index (χ0v) is 40.3. The molecule has 0 bridgehead atoms. The van der Waals surface area contributed by atoms with Gasteiger partial charge in [-0.25, -0.2) is 0 Å². The molecular formula is C35H74N4O8Si4. The molecule has 0 aromatic carbocycles. The van der Waals surface area contributed by atoms with E-state index in [0.29, 0.717) is 6.61 Å². The van der Waals surface area contributed by atoms with E-state index in [1.807, 2.05) is 0 Å². The second-order valence-electron chi connectivity index (χ2n) is 19.8. The van der Waals surface area contributed by atoms with Gasteiger partial charge >= 0.3 is 17.6 Å². The molecule has 0 saturated heterocycles. The fourth-order valence-electron chi connectivity index (χ4n) is 4.08. The van der Waals surface area contributed by atoms with Crippen LogP contribution in [0.5, 0.6) is 11.9 Å². The van der Waals surface area contributed by atoms with Crippen molar-refractivity contribution in [1.29, 1.82) is 0 Å². The topological polar surface area (TPSA) is 136 Å². The molecule has 1 heterocycles. The van der Waals surface area contributed by atoms with Crippen LogP contribution in [-0.2, 0) is 17.7 Å². The summed E-state index contributed by atoms with van der Waals surface area (Å²) in [5.41, 5.74) is -0.387. The number of nitrogens with one attached hydrogen (secondary N) is 1. The van der Waals surface area contributed by atoms with Crippen molar-refractivity contribution in [3.8, 4) is 11.9 Å². The van der Waals surface area contributed by atoms with Crippen molar-refractivity contribution in [2.24, 2.45) is 0 Å². The molecule has 298 valence electrons. The molecule has 0 aliphatic rings. The average molecular weight is 791 g/mol. The molecule has 1 N–H and O–H groups in total. The third kappa shape index (κ3) is 12.3. The zero-order chi connectivity index (χ0) is 40.4. The van der Waals surface area contributed by atoms with E-state index in [1.54, 1.807) is 0 Å². The fraction of sp³-hybridized carbons (Fsp3) is 0.886. The van der Waals surface area contributed by atoms with Gasteiger partial charge in [0.15, 0.2) is 33.3 Å². The van der Waals surface area contributed by atoms with Gasteiger partial charge in [-0.3, -0.25) is 10.1 Å². The maximum Gasteiger partial charge on any atom is 0.372 e. The van der Waals surface area contributed by atoms with E-state index in [1.165, 1.54) is 14.2 Å². The van der Waals surface area contributed by atoms with Crippen molar-refractivity contribution >= 4 is 44.8 Å². The van der Waals surface area contributed by atoms with Gasteiger partial charge in [-0.15, -0.1) is 0 Å². The molecule has 0 spiro atoms. The van der Waals surface area contributed by atoms with Crippen LogP contribution < -0.4 is 14.8 Å². The van der Waals surface area contributed by atoms with E-state index in [-0.39, 0.29) is 50.1 Å². The van der Waals surface area contributed by atoms with Crippen LogP contribution in [0.4, 0.5) is 11.5 Å². The highest BCUT2D eigenvalue weighted by Gasteiger charge is 2.50. The van der Waals surface area contributed by atoms with Gasteiger partial charge < -0.3 is 32.5 Å². The van der Waals surface area contributed by atoms with Gasteiger partial charge in [0.25, 0.3) is 0 Å². The molecule has 1 rings (SSSR count). The molecule has 1 aromatic rings. The van der Waals surface area contributed by atoms with Crippen LogP contribution in [0.15, 0.2) is 0 Å². The zero-order valence-electron chi connectivity index (χ0n) is 36.3. The Morgan fingerprint density at radius 2 is 1.06 bits per heavy atom. The lowest BCUT2D eigenvalue weighted by molar-refractivity contribution is -0.385. The van der Waals surface area contributed by atoms with E-state index in [2.05, 4.69) is 151 Å². The number of nitrogens with zero attached hydrogens (tertiary/aromatic N) is 3. The Labute approximate surface area is 314 Å². The molecule has 0 aliphatic heterocycles. The van der Waals surface area contributed by atoms with Crippen molar-refractivity contribution in [2.45, 2.75) is 174 Å². The summed E-state index contributed by atoms with van der Waals surface area (Å²) in [5.74, 6) is -0.231. The predicted octanol–water partition coefficient (Wildman–Crippen LogP) is 10.0. The van der Waals surface area contributed by atoms with Crippen LogP contribution >= 0.6 is 0 Å². The number of ether oxygens (including phenoxy) is 2. The minimum absolute atomic E-state index is 0.0209. The summed E-state index contributed by atoms with van der Waals surface area (Å²) >= 11 is 0. The standard InChI is InChI=1S/C35H74N4O8Si4/c1-32(2,3)48(15,16)44-24-26(46-50(19,20)34(7,8)9)28(47-51(21,22)35(10,11)12)25(45-49(17,18)33(4,5)6)23-36-29-27(39(40)41)30(42-13)38-31(37-29)43-14/h25-26,28H,23-24H2,1-22H3,(H,36,37,38)/t25-,26+,28-/m0/s1. The van der Waals surface area contributed by atoms with E-state index < -0.39 is 56.5 Å². The van der Waals surface area contributed by atoms with Gasteiger partial charge in [-0.1, -0.05) is 83.1 Å². The summed E-state index contributed by atoms with van der Waals surface area (Å²) in [6.07, 6.45) is -1.68. The molecule has 51 heavy (non-hydrogen) atoms. The molecular weight excluding hydrogens is 717 g/mol. The lowest BCUT2D eigenvalue weighted by atomic mass is 10.1. The number of rotatable bonds is 17. The molecule has 0 saturated carbocycles. The first-order chi connectivity index (χ1) is 22.5. The highest BCUT2D eigenvalue weighted by atomic mass is 28.4. The molecule has 3 atom stereocenters. The number of aromatic nitrogens is 2. The number of anilines is 1. The molecule has 0 unspecified atom stereocenters. The summed E-state index contributed by atoms with van der Waals surface area (Å²) in [4.78, 5) is 20.2. The van der Waals surface area contributed by atoms with Crippen LogP contribution in [0.25, 0.3) is 0 Å². The van der Waals surface area contributed by atoms with Gasteiger partial charge in [0.2, 0.25) is 5.82 Å². The Bertz CT molecular complexity index is 1320. The van der Waals surface area contributed by atoms with Crippen molar-refractivity contribution in [3.63, 3.8) is 0 Å². The lowest BCUT2D eigenvalue weighted by Crippen LogP contribution is -2.61. The maximum atomic E-state index is 12.4. The Balaban J connectivity index is 4.17. The van der Waals surface area contributed by atoms with Crippen LogP contribution in [0.2, 0.25) is 72.5 Å². The third-order valence-electron chi connectivity index (χ3n) is 11.7. The Kier molecular flexibility index (Phi) is 15.4. The number of hydrogen-bond donors (Lipinski definition) is 1. The van der Waals surface area contributed by atoms with Crippen LogP contribution in [-0.4, -0.2) is 93.8 Å². The summed E-state index contributed by atoms with van der Waals surface area (Å²) in [6.45, 7) is 45.0. The van der Waals surface area contributed by atoms with E-state index >= 15 is 0 Å². The molecule has 1 aromatic heterocycles. The molecule has 0 radical (unpaired) electrons. The second-order valence-corrected chi connectivity index (χ2v) is 38.9. The molecule has 12 nitrogen and oxygen atoms in total. The van der Waals surface area contributed by atoms with E-state index in [9.17, 15) is 10.1 Å². The quantitative estimate of drug-likeness (QED) is 0.0917. The van der Waals surface area contributed by atoms with Crippen molar-refractivity contribution in [2.75, 3.05) is 32.7 Å². The Morgan fingerprint density at radius 3 is 1.43 bits per heavy atom. The highest BCUT2D eigenvalue weighted by molar-refractivity contribution is 6.75. The van der Waals surface area contributed by atoms with Gasteiger partial charge in [-0.2, -0.15) is 9.97 Å². The molecule has 0 amide bonds. The molecule has 0 fully saturated rings. The Morgan fingerprint density at radius 1 is 0.647 bits per heavy atom. The molecule has 0 aliphatic carbocycles. The second kappa shape index (κ2) is 16.5. The van der Waals surface area contributed by atoms with Crippen molar-refractivity contribution < 1.29 is 32.1 Å². The fourth-order valence-corrected chi connectivity index (χ4v) is 9.07. The van der Waals surface area contributed by atoms with Crippen molar-refractivity contribution in [3.05, 3.63) is 10.1 Å². The average Bonchev–Trinajstić information content (AvgIpc) is 2.93. The normalized spacial score (nSPS) is 16.0. The summed E-state index contributed by atoms with van der Waals surface area (Å²) in [7, 11) is -6.88. The largest absolute Gasteiger partial charge is 0.476 e. The SMILES string of the molecule is COc1nc(NC[C@H](O[Si](C)(C)C(C)(C)C)[C@H](O[Si](C)(C)C(C)(C)C)[C@@H](CO[Si](C)(C)C(C)(C)C)O[Si](C)(C)C(C)(C)C)c([N+](=O)[O-])c(OC)n1. The minimum Gasteiger partial charge on any atom is -0.476 e. The first-order valence-electron chi connectivity index (χ1n) is 18.1. The summed E-state index contributed by atoms with van der Waals surface area (Å²) < 4.78 is 39.7. The molecule has 16 heteroatoms. The number of methoxy groups -OCH3 is 2.